The Bertz CT molecular complexity index is 998. The van der Waals surface area contributed by atoms with Crippen molar-refractivity contribution in [2.24, 2.45) is 0 Å². The lowest BCUT2D eigenvalue weighted by Gasteiger charge is -2.49. The number of benzene rings is 2. The maximum Gasteiger partial charge on any atom is 0.131 e. The quantitative estimate of drug-likeness (QED) is 0.679. The van der Waals surface area contributed by atoms with E-state index < -0.39 is 17.7 Å². The van der Waals surface area contributed by atoms with Crippen molar-refractivity contribution in [2.75, 3.05) is 13.2 Å². The molecular formula is C25H25F2NO. The first-order valence-electron chi connectivity index (χ1n) is 10.4. The van der Waals surface area contributed by atoms with Gasteiger partial charge in [0.25, 0.3) is 0 Å². The largest absolute Gasteiger partial charge is 0.378 e. The Morgan fingerprint density at radius 2 is 1.83 bits per heavy atom. The van der Waals surface area contributed by atoms with Crippen LogP contribution in [-0.4, -0.2) is 30.2 Å². The summed E-state index contributed by atoms with van der Waals surface area (Å²) in [7, 11) is 0. The van der Waals surface area contributed by atoms with Crippen LogP contribution in [0.15, 0.2) is 48.0 Å². The Morgan fingerprint density at radius 1 is 1.10 bits per heavy atom. The average molecular weight is 393 g/mol. The first kappa shape index (κ1) is 18.7. The van der Waals surface area contributed by atoms with Gasteiger partial charge in [-0.15, -0.1) is 0 Å². The standard InChI is InChI=1S/C25H25F2NO/c1-3-6-16-10-22(26)24(23(27)11-16)25-21-12-17-7-4-5-8-19(17)20(21)9-15(2)28(25)18-13-29-14-18/h3-8,10-11,15,18,25H,9,12-14H2,1-2H3/b6-3+/t15-,25+/m1/s1. The van der Waals surface area contributed by atoms with Crippen LogP contribution in [0.2, 0.25) is 0 Å². The van der Waals surface area contributed by atoms with Gasteiger partial charge < -0.3 is 4.74 Å². The van der Waals surface area contributed by atoms with Crippen molar-refractivity contribution in [3.8, 4) is 0 Å². The molecule has 1 fully saturated rings. The fraction of sp³-hybridized carbons (Fsp3) is 0.360. The van der Waals surface area contributed by atoms with Gasteiger partial charge in [0.2, 0.25) is 0 Å². The van der Waals surface area contributed by atoms with Crippen molar-refractivity contribution in [2.45, 2.75) is 44.8 Å². The molecule has 2 nitrogen and oxygen atoms in total. The van der Waals surface area contributed by atoms with Gasteiger partial charge in [-0.05, 0) is 66.7 Å². The van der Waals surface area contributed by atoms with Crippen LogP contribution in [0.4, 0.5) is 8.78 Å². The molecule has 2 aliphatic heterocycles. The second-order valence-corrected chi connectivity index (χ2v) is 8.33. The first-order chi connectivity index (χ1) is 14.1. The second-order valence-electron chi connectivity index (χ2n) is 8.33. The fourth-order valence-electron chi connectivity index (χ4n) is 5.23. The highest BCUT2D eigenvalue weighted by atomic mass is 19.1. The molecule has 0 N–H and O–H groups in total. The van der Waals surface area contributed by atoms with Crippen LogP contribution in [0.1, 0.15) is 48.6 Å². The summed E-state index contributed by atoms with van der Waals surface area (Å²) in [4.78, 5) is 2.30. The van der Waals surface area contributed by atoms with E-state index in [2.05, 4.69) is 24.0 Å². The number of rotatable bonds is 3. The molecule has 0 radical (unpaired) electrons. The monoisotopic (exact) mass is 393 g/mol. The van der Waals surface area contributed by atoms with Gasteiger partial charge in [0.1, 0.15) is 11.6 Å². The smallest absolute Gasteiger partial charge is 0.131 e. The van der Waals surface area contributed by atoms with Gasteiger partial charge in [-0.2, -0.15) is 0 Å². The molecule has 2 aromatic rings. The lowest BCUT2D eigenvalue weighted by atomic mass is 9.83. The van der Waals surface area contributed by atoms with Crippen molar-refractivity contribution >= 4 is 11.6 Å². The highest BCUT2D eigenvalue weighted by Crippen LogP contribution is 2.50. The lowest BCUT2D eigenvalue weighted by molar-refractivity contribution is -0.0913. The highest BCUT2D eigenvalue weighted by molar-refractivity contribution is 5.79. The van der Waals surface area contributed by atoms with E-state index >= 15 is 8.78 Å². The average Bonchev–Trinajstić information content (AvgIpc) is 3.00. The molecule has 29 heavy (non-hydrogen) atoms. The molecule has 0 saturated carbocycles. The summed E-state index contributed by atoms with van der Waals surface area (Å²) in [5.74, 6) is -0.935. The van der Waals surface area contributed by atoms with Gasteiger partial charge in [0.15, 0.2) is 0 Å². The number of halogens is 2. The zero-order chi connectivity index (χ0) is 20.1. The van der Waals surface area contributed by atoms with E-state index in [0.717, 1.165) is 18.4 Å². The summed E-state index contributed by atoms with van der Waals surface area (Å²) in [5.41, 5.74) is 5.65. The van der Waals surface area contributed by atoms with Crippen LogP contribution >= 0.6 is 0 Å². The summed E-state index contributed by atoms with van der Waals surface area (Å²) < 4.78 is 36.1. The number of nitrogens with zero attached hydrogens (tertiary/aromatic N) is 1. The molecule has 1 aliphatic carbocycles. The Kier molecular flexibility index (Phi) is 4.64. The summed E-state index contributed by atoms with van der Waals surface area (Å²) in [6, 6.07) is 11.3. The molecule has 0 amide bonds. The number of hydrogen-bond donors (Lipinski definition) is 0. The molecule has 150 valence electrons. The van der Waals surface area contributed by atoms with Crippen molar-refractivity contribution in [3.63, 3.8) is 0 Å². The van der Waals surface area contributed by atoms with Crippen molar-refractivity contribution in [1.82, 2.24) is 4.90 Å². The summed E-state index contributed by atoms with van der Waals surface area (Å²) >= 11 is 0. The Labute approximate surface area is 170 Å². The molecule has 0 bridgehead atoms. The van der Waals surface area contributed by atoms with Gasteiger partial charge in [0.05, 0.1) is 25.3 Å². The Balaban J connectivity index is 1.68. The molecule has 0 spiro atoms. The van der Waals surface area contributed by atoms with E-state index in [4.69, 9.17) is 4.74 Å². The molecule has 3 aliphatic rings. The van der Waals surface area contributed by atoms with E-state index in [1.165, 1.54) is 28.8 Å². The molecule has 2 atom stereocenters. The van der Waals surface area contributed by atoms with Crippen LogP contribution in [0, 0.1) is 11.6 Å². The number of fused-ring (bicyclic) bond motifs is 2. The molecule has 4 heteroatoms. The predicted molar refractivity (Wildman–Crippen MR) is 111 cm³/mol. The topological polar surface area (TPSA) is 12.5 Å². The maximum absolute atomic E-state index is 15.3. The minimum Gasteiger partial charge on any atom is -0.378 e. The van der Waals surface area contributed by atoms with Crippen LogP contribution < -0.4 is 0 Å². The minimum absolute atomic E-state index is 0.178. The minimum atomic E-state index is -0.467. The molecule has 5 rings (SSSR count). The normalized spacial score (nSPS) is 24.7. The van der Waals surface area contributed by atoms with E-state index in [1.54, 1.807) is 12.2 Å². The van der Waals surface area contributed by atoms with Gasteiger partial charge in [-0.25, -0.2) is 8.78 Å². The molecule has 2 heterocycles. The molecule has 1 saturated heterocycles. The van der Waals surface area contributed by atoms with Gasteiger partial charge >= 0.3 is 0 Å². The highest BCUT2D eigenvalue weighted by Gasteiger charge is 2.45. The van der Waals surface area contributed by atoms with E-state index in [0.29, 0.717) is 18.8 Å². The number of allylic oxidation sites excluding steroid dienone is 1. The summed E-state index contributed by atoms with van der Waals surface area (Å²) in [6.45, 7) is 5.25. The third kappa shape index (κ3) is 2.97. The van der Waals surface area contributed by atoms with Gasteiger partial charge in [-0.3, -0.25) is 4.90 Å². The van der Waals surface area contributed by atoms with E-state index in [1.807, 2.05) is 19.1 Å². The van der Waals surface area contributed by atoms with E-state index in [9.17, 15) is 0 Å². The third-order valence-corrected chi connectivity index (χ3v) is 6.52. The number of hydrogen-bond acceptors (Lipinski definition) is 2. The predicted octanol–water partition coefficient (Wildman–Crippen LogP) is 5.54. The Morgan fingerprint density at radius 3 is 2.48 bits per heavy atom. The Hall–Kier alpha value is -2.30. The second kappa shape index (κ2) is 7.19. The van der Waals surface area contributed by atoms with Crippen molar-refractivity contribution in [1.29, 1.82) is 0 Å². The zero-order valence-corrected chi connectivity index (χ0v) is 16.8. The zero-order valence-electron chi connectivity index (χ0n) is 16.8. The third-order valence-electron chi connectivity index (χ3n) is 6.52. The molecular weight excluding hydrogens is 368 g/mol. The molecule has 0 unspecified atom stereocenters. The van der Waals surface area contributed by atoms with Crippen molar-refractivity contribution in [3.05, 3.63) is 81.9 Å². The first-order valence-corrected chi connectivity index (χ1v) is 10.4. The van der Waals surface area contributed by atoms with Crippen molar-refractivity contribution < 1.29 is 13.5 Å². The van der Waals surface area contributed by atoms with Gasteiger partial charge in [-0.1, -0.05) is 36.4 Å². The van der Waals surface area contributed by atoms with Crippen LogP contribution in [0.5, 0.6) is 0 Å². The summed E-state index contributed by atoms with van der Waals surface area (Å²) in [5, 5.41) is 0. The number of ether oxygens (including phenoxy) is 1. The van der Waals surface area contributed by atoms with Gasteiger partial charge in [0, 0.05) is 11.6 Å². The fourth-order valence-corrected chi connectivity index (χ4v) is 5.23. The maximum atomic E-state index is 15.3. The molecule has 2 aromatic carbocycles. The summed E-state index contributed by atoms with van der Waals surface area (Å²) in [6.07, 6.45) is 5.18. The lowest BCUT2D eigenvalue weighted by Crippen LogP contribution is -2.55. The van der Waals surface area contributed by atoms with Crippen LogP contribution in [0.3, 0.4) is 0 Å². The molecule has 0 aromatic heterocycles. The van der Waals surface area contributed by atoms with Crippen LogP contribution in [0.25, 0.3) is 11.6 Å². The van der Waals surface area contributed by atoms with E-state index in [-0.39, 0.29) is 17.6 Å². The van der Waals surface area contributed by atoms with Crippen LogP contribution in [-0.2, 0) is 11.2 Å². The SMILES string of the molecule is C/C=C/c1cc(F)c([C@@H]2C3=C(C[C@@H](C)N2C2COC2)c2ccccc2C3)c(F)c1.